The van der Waals surface area contributed by atoms with Gasteiger partial charge in [0.25, 0.3) is 0 Å². The van der Waals surface area contributed by atoms with Gasteiger partial charge in [0.15, 0.2) is 5.78 Å². The van der Waals surface area contributed by atoms with E-state index >= 15 is 0 Å². The molecule has 0 bridgehead atoms. The van der Waals surface area contributed by atoms with Crippen molar-refractivity contribution in [2.24, 2.45) is 0 Å². The van der Waals surface area contributed by atoms with E-state index in [0.717, 1.165) is 23.4 Å². The lowest BCUT2D eigenvalue weighted by Gasteiger charge is -2.01. The molecule has 0 aliphatic carbocycles. The number of aryl methyl sites for hydroxylation is 2. The SMILES string of the molecule is Cc1ncsc1CCSCC(=O)c1ccccc1. The average molecular weight is 277 g/mol. The first-order valence-corrected chi connectivity index (χ1v) is 7.86. The maximum absolute atomic E-state index is 11.8. The molecule has 0 saturated heterocycles. The molecule has 1 aromatic carbocycles. The van der Waals surface area contributed by atoms with Crippen LogP contribution < -0.4 is 0 Å². The van der Waals surface area contributed by atoms with Crippen molar-refractivity contribution in [3.63, 3.8) is 0 Å². The van der Waals surface area contributed by atoms with E-state index in [0.29, 0.717) is 5.75 Å². The van der Waals surface area contributed by atoms with Crippen LogP contribution in [0, 0.1) is 6.92 Å². The molecule has 0 saturated carbocycles. The second-order valence-electron chi connectivity index (χ2n) is 3.95. The van der Waals surface area contributed by atoms with Crippen LogP contribution in [0.2, 0.25) is 0 Å². The van der Waals surface area contributed by atoms with Gasteiger partial charge in [-0.3, -0.25) is 4.79 Å². The number of Topliss-reactive ketones (excluding diaryl/α,β-unsaturated/α-hetero) is 1. The molecule has 0 aliphatic rings. The zero-order valence-electron chi connectivity index (χ0n) is 10.3. The molecule has 4 heteroatoms. The molecule has 0 radical (unpaired) electrons. The second kappa shape index (κ2) is 6.71. The van der Waals surface area contributed by atoms with Gasteiger partial charge >= 0.3 is 0 Å². The van der Waals surface area contributed by atoms with Crippen molar-refractivity contribution in [1.82, 2.24) is 4.98 Å². The molecule has 0 unspecified atom stereocenters. The van der Waals surface area contributed by atoms with Crippen molar-refractivity contribution in [2.75, 3.05) is 11.5 Å². The summed E-state index contributed by atoms with van der Waals surface area (Å²) >= 11 is 3.39. The largest absolute Gasteiger partial charge is 0.293 e. The molecular formula is C14H15NOS2. The Morgan fingerprint density at radius 3 is 2.78 bits per heavy atom. The maximum atomic E-state index is 11.8. The first-order valence-electron chi connectivity index (χ1n) is 5.82. The Morgan fingerprint density at radius 2 is 2.11 bits per heavy atom. The summed E-state index contributed by atoms with van der Waals surface area (Å²) in [5, 5.41) is 0. The number of ketones is 1. The smallest absolute Gasteiger partial charge is 0.172 e. The van der Waals surface area contributed by atoms with Crippen molar-refractivity contribution >= 4 is 28.9 Å². The Bertz CT molecular complexity index is 508. The first-order chi connectivity index (χ1) is 8.77. The summed E-state index contributed by atoms with van der Waals surface area (Å²) in [6.45, 7) is 2.03. The van der Waals surface area contributed by atoms with Gasteiger partial charge in [-0.2, -0.15) is 11.8 Å². The van der Waals surface area contributed by atoms with Gasteiger partial charge in [-0.25, -0.2) is 4.98 Å². The van der Waals surface area contributed by atoms with Crippen molar-refractivity contribution in [1.29, 1.82) is 0 Å². The fourth-order valence-corrected chi connectivity index (χ4v) is 3.36. The molecule has 0 atom stereocenters. The van der Waals surface area contributed by atoms with E-state index in [4.69, 9.17) is 0 Å². The first kappa shape index (κ1) is 13.3. The van der Waals surface area contributed by atoms with Gasteiger partial charge in [0, 0.05) is 10.4 Å². The normalized spacial score (nSPS) is 10.5. The van der Waals surface area contributed by atoms with Gasteiger partial charge in [0.05, 0.1) is 17.0 Å². The summed E-state index contributed by atoms with van der Waals surface area (Å²) in [5.41, 5.74) is 3.80. The molecule has 1 heterocycles. The summed E-state index contributed by atoms with van der Waals surface area (Å²) in [7, 11) is 0. The fourth-order valence-electron chi connectivity index (χ4n) is 1.60. The molecule has 2 aromatic rings. The van der Waals surface area contributed by atoms with Crippen LogP contribution in [0.25, 0.3) is 0 Å². The average Bonchev–Trinajstić information content (AvgIpc) is 2.81. The van der Waals surface area contributed by atoms with Gasteiger partial charge in [0.2, 0.25) is 0 Å². The number of thioether (sulfide) groups is 1. The predicted molar refractivity (Wildman–Crippen MR) is 78.7 cm³/mol. The third kappa shape index (κ3) is 3.68. The number of nitrogens with zero attached hydrogens (tertiary/aromatic N) is 1. The number of carbonyl (C=O) groups excluding carboxylic acids is 1. The Balaban J connectivity index is 1.73. The standard InChI is InChI=1S/C14H15NOS2/c1-11-14(18-10-15-11)7-8-17-9-13(16)12-5-3-2-4-6-12/h2-6,10H,7-9H2,1H3. The lowest BCUT2D eigenvalue weighted by molar-refractivity contribution is 0.102. The van der Waals surface area contributed by atoms with Crippen LogP contribution in [0.5, 0.6) is 0 Å². The Kier molecular flexibility index (Phi) is 4.96. The number of rotatable bonds is 6. The Labute approximate surface area is 115 Å². The zero-order chi connectivity index (χ0) is 12.8. The monoisotopic (exact) mass is 277 g/mol. The number of aromatic nitrogens is 1. The molecule has 2 rings (SSSR count). The minimum absolute atomic E-state index is 0.210. The molecular weight excluding hydrogens is 262 g/mol. The quantitative estimate of drug-likeness (QED) is 0.597. The lowest BCUT2D eigenvalue weighted by Crippen LogP contribution is -2.03. The van der Waals surface area contributed by atoms with Crippen LogP contribution in [0.4, 0.5) is 0 Å². The molecule has 0 aliphatic heterocycles. The van der Waals surface area contributed by atoms with Gasteiger partial charge in [-0.15, -0.1) is 11.3 Å². The van der Waals surface area contributed by atoms with Crippen LogP contribution in [0.15, 0.2) is 35.8 Å². The Morgan fingerprint density at radius 1 is 1.33 bits per heavy atom. The third-order valence-electron chi connectivity index (χ3n) is 2.65. The lowest BCUT2D eigenvalue weighted by atomic mass is 10.2. The van der Waals surface area contributed by atoms with E-state index in [9.17, 15) is 4.79 Å². The zero-order valence-corrected chi connectivity index (χ0v) is 11.9. The highest BCUT2D eigenvalue weighted by Gasteiger charge is 2.06. The van der Waals surface area contributed by atoms with E-state index < -0.39 is 0 Å². The second-order valence-corrected chi connectivity index (χ2v) is 6.00. The highest BCUT2D eigenvalue weighted by atomic mass is 32.2. The summed E-state index contributed by atoms with van der Waals surface area (Å²) in [6.07, 6.45) is 1.00. The number of thiazole rings is 1. The predicted octanol–water partition coefficient (Wildman–Crippen LogP) is 3.61. The summed E-state index contributed by atoms with van der Waals surface area (Å²) in [6, 6.07) is 9.47. The minimum Gasteiger partial charge on any atom is -0.293 e. The highest BCUT2D eigenvalue weighted by Crippen LogP contribution is 2.16. The molecule has 1 aromatic heterocycles. The molecule has 94 valence electrons. The van der Waals surface area contributed by atoms with Crippen molar-refractivity contribution in [3.05, 3.63) is 52.0 Å². The molecule has 0 N–H and O–H groups in total. The van der Waals surface area contributed by atoms with Crippen molar-refractivity contribution < 1.29 is 4.79 Å². The molecule has 2 nitrogen and oxygen atoms in total. The number of hydrogen-bond donors (Lipinski definition) is 0. The Hall–Kier alpha value is -1.13. The van der Waals surface area contributed by atoms with Crippen molar-refractivity contribution in [3.8, 4) is 0 Å². The molecule has 0 amide bonds. The van der Waals surface area contributed by atoms with Gasteiger partial charge < -0.3 is 0 Å². The third-order valence-corrected chi connectivity index (χ3v) is 4.60. The highest BCUT2D eigenvalue weighted by molar-refractivity contribution is 7.99. The molecule has 18 heavy (non-hydrogen) atoms. The van der Waals surface area contributed by atoms with Crippen LogP contribution in [-0.4, -0.2) is 22.3 Å². The summed E-state index contributed by atoms with van der Waals surface area (Å²) < 4.78 is 0. The summed E-state index contributed by atoms with van der Waals surface area (Å²) in [4.78, 5) is 17.4. The van der Waals surface area contributed by atoms with E-state index in [1.807, 2.05) is 42.8 Å². The molecule has 0 spiro atoms. The van der Waals surface area contributed by atoms with Gasteiger partial charge in [0.1, 0.15) is 0 Å². The van der Waals surface area contributed by atoms with Crippen molar-refractivity contribution in [2.45, 2.75) is 13.3 Å². The van der Waals surface area contributed by atoms with E-state index in [-0.39, 0.29) is 5.78 Å². The number of hydrogen-bond acceptors (Lipinski definition) is 4. The van der Waals surface area contributed by atoms with Crippen LogP contribution >= 0.6 is 23.1 Å². The molecule has 0 fully saturated rings. The van der Waals surface area contributed by atoms with Crippen LogP contribution in [0.3, 0.4) is 0 Å². The minimum atomic E-state index is 0.210. The van der Waals surface area contributed by atoms with Gasteiger partial charge in [-0.1, -0.05) is 30.3 Å². The van der Waals surface area contributed by atoms with E-state index in [1.165, 1.54) is 4.88 Å². The van der Waals surface area contributed by atoms with E-state index in [1.54, 1.807) is 23.1 Å². The number of benzene rings is 1. The van der Waals surface area contributed by atoms with Crippen LogP contribution in [-0.2, 0) is 6.42 Å². The maximum Gasteiger partial charge on any atom is 0.172 e. The topological polar surface area (TPSA) is 30.0 Å². The van der Waals surface area contributed by atoms with Crippen LogP contribution in [0.1, 0.15) is 20.9 Å². The van der Waals surface area contributed by atoms with Gasteiger partial charge in [-0.05, 0) is 19.1 Å². The summed E-state index contributed by atoms with van der Waals surface area (Å²) in [5.74, 6) is 1.74. The van der Waals surface area contributed by atoms with E-state index in [2.05, 4.69) is 4.98 Å². The number of carbonyl (C=O) groups is 1. The fraction of sp³-hybridized carbons (Fsp3) is 0.286.